The van der Waals surface area contributed by atoms with Gasteiger partial charge < -0.3 is 23.3 Å². The van der Waals surface area contributed by atoms with Gasteiger partial charge in [0.15, 0.2) is 11.5 Å². The molecule has 1 saturated heterocycles. The van der Waals surface area contributed by atoms with Crippen LogP contribution in [0.5, 0.6) is 11.5 Å². The van der Waals surface area contributed by atoms with Crippen molar-refractivity contribution in [3.63, 3.8) is 0 Å². The van der Waals surface area contributed by atoms with Crippen molar-refractivity contribution in [1.29, 1.82) is 0 Å². The molecule has 1 aliphatic rings. The maximum atomic E-state index is 12.4. The molecule has 1 atom stereocenters. The summed E-state index contributed by atoms with van der Waals surface area (Å²) >= 11 is 0. The van der Waals surface area contributed by atoms with Crippen LogP contribution < -0.4 is 8.92 Å². The van der Waals surface area contributed by atoms with Crippen molar-refractivity contribution in [2.75, 3.05) is 39.7 Å². The molecule has 152 valence electrons. The molecule has 2 rings (SSSR count). The summed E-state index contributed by atoms with van der Waals surface area (Å²) in [5.74, 6) is 0.0999. The van der Waals surface area contributed by atoms with E-state index in [1.54, 1.807) is 23.1 Å². The Labute approximate surface area is 160 Å². The third kappa shape index (κ3) is 6.37. The molecule has 0 unspecified atom stereocenters. The quantitative estimate of drug-likeness (QED) is 0.550. The summed E-state index contributed by atoms with van der Waals surface area (Å²) in [6.45, 7) is 2.91. The molecule has 0 aliphatic carbocycles. The topological polar surface area (TPSA) is 91.4 Å². The largest absolute Gasteiger partial charge is 0.493 e. The summed E-state index contributed by atoms with van der Waals surface area (Å²) in [6, 6.07) is 4.97. The third-order valence-electron chi connectivity index (χ3n) is 4.24. The predicted octanol–water partition coefficient (Wildman–Crippen LogP) is 1.58. The lowest BCUT2D eigenvalue weighted by atomic mass is 10.1. The van der Waals surface area contributed by atoms with E-state index in [4.69, 9.17) is 18.4 Å². The van der Waals surface area contributed by atoms with Crippen LogP contribution in [0.1, 0.15) is 25.3 Å². The fourth-order valence-electron chi connectivity index (χ4n) is 2.80. The van der Waals surface area contributed by atoms with Crippen LogP contribution in [0.3, 0.4) is 0 Å². The lowest BCUT2D eigenvalue weighted by molar-refractivity contribution is -0.137. The highest BCUT2D eigenvalue weighted by Crippen LogP contribution is 2.30. The Bertz CT molecular complexity index is 729. The summed E-state index contributed by atoms with van der Waals surface area (Å²) in [5.41, 5.74) is 0.722. The van der Waals surface area contributed by atoms with Gasteiger partial charge in [-0.1, -0.05) is 6.07 Å². The van der Waals surface area contributed by atoms with E-state index in [1.807, 2.05) is 0 Å². The number of nitrogens with zero attached hydrogens (tertiary/aromatic N) is 1. The standard InChI is InChI=1S/C18H27NO7S/c1-4-27(21,22)26-17-10-14(7-8-16(17)24-3)11-19(18(20)13-23-2)12-15-6-5-9-25-15/h7-8,10,15H,4-6,9,11-13H2,1-3H3/t15-/m1/s1. The van der Waals surface area contributed by atoms with E-state index in [1.165, 1.54) is 21.1 Å². The van der Waals surface area contributed by atoms with Gasteiger partial charge in [0.05, 0.1) is 19.0 Å². The maximum Gasteiger partial charge on any atom is 0.309 e. The molecule has 1 aliphatic heterocycles. The molecule has 1 heterocycles. The molecular formula is C18H27NO7S. The number of benzene rings is 1. The van der Waals surface area contributed by atoms with E-state index < -0.39 is 10.1 Å². The molecule has 1 aromatic carbocycles. The van der Waals surface area contributed by atoms with Crippen LogP contribution in [0.4, 0.5) is 0 Å². The fourth-order valence-corrected chi connectivity index (χ4v) is 3.33. The Kier molecular flexibility index (Phi) is 7.88. The van der Waals surface area contributed by atoms with Crippen LogP contribution in [-0.2, 0) is 30.9 Å². The highest BCUT2D eigenvalue weighted by atomic mass is 32.2. The van der Waals surface area contributed by atoms with E-state index >= 15 is 0 Å². The Balaban J connectivity index is 2.21. The molecule has 1 aromatic rings. The molecule has 0 bridgehead atoms. The zero-order chi connectivity index (χ0) is 19.9. The summed E-state index contributed by atoms with van der Waals surface area (Å²) in [7, 11) is -0.788. The minimum Gasteiger partial charge on any atom is -0.493 e. The lowest BCUT2D eigenvalue weighted by Crippen LogP contribution is -2.38. The molecule has 27 heavy (non-hydrogen) atoms. The van der Waals surface area contributed by atoms with Gasteiger partial charge in [-0.05, 0) is 37.5 Å². The minimum atomic E-state index is -3.69. The van der Waals surface area contributed by atoms with Gasteiger partial charge in [0, 0.05) is 26.8 Å². The Morgan fingerprint density at radius 2 is 2.07 bits per heavy atom. The molecule has 0 saturated carbocycles. The molecule has 0 N–H and O–H groups in total. The van der Waals surface area contributed by atoms with Crippen molar-refractivity contribution in [1.82, 2.24) is 4.90 Å². The van der Waals surface area contributed by atoms with Crippen molar-refractivity contribution in [2.24, 2.45) is 0 Å². The zero-order valence-corrected chi connectivity index (χ0v) is 16.8. The first-order chi connectivity index (χ1) is 12.9. The minimum absolute atomic E-state index is 0.000226. The number of carbonyl (C=O) groups excluding carboxylic acids is 1. The number of ether oxygens (including phenoxy) is 3. The van der Waals surface area contributed by atoms with E-state index in [0.717, 1.165) is 18.4 Å². The second-order valence-electron chi connectivity index (χ2n) is 6.26. The zero-order valence-electron chi connectivity index (χ0n) is 16.0. The number of carbonyl (C=O) groups is 1. The Morgan fingerprint density at radius 3 is 2.67 bits per heavy atom. The predicted molar refractivity (Wildman–Crippen MR) is 99.3 cm³/mol. The third-order valence-corrected chi connectivity index (χ3v) is 5.38. The molecular weight excluding hydrogens is 374 g/mol. The number of amides is 1. The maximum absolute atomic E-state index is 12.4. The van der Waals surface area contributed by atoms with Gasteiger partial charge in [-0.15, -0.1) is 0 Å². The van der Waals surface area contributed by atoms with E-state index in [-0.39, 0.29) is 36.7 Å². The van der Waals surface area contributed by atoms with Crippen LogP contribution in [0, 0.1) is 0 Å². The summed E-state index contributed by atoms with van der Waals surface area (Å²) in [6.07, 6.45) is 1.88. The average Bonchev–Trinajstić information content (AvgIpc) is 3.14. The summed E-state index contributed by atoms with van der Waals surface area (Å²) in [5, 5.41) is 0. The van der Waals surface area contributed by atoms with Crippen LogP contribution in [-0.4, -0.2) is 65.1 Å². The molecule has 9 heteroatoms. The van der Waals surface area contributed by atoms with Crippen molar-refractivity contribution < 1.29 is 31.6 Å². The van der Waals surface area contributed by atoms with Gasteiger partial charge in [0.25, 0.3) is 0 Å². The number of rotatable bonds is 10. The smallest absolute Gasteiger partial charge is 0.309 e. The molecule has 0 aromatic heterocycles. The second kappa shape index (κ2) is 9.91. The van der Waals surface area contributed by atoms with Crippen LogP contribution in [0.2, 0.25) is 0 Å². The fraction of sp³-hybridized carbons (Fsp3) is 0.611. The first-order valence-electron chi connectivity index (χ1n) is 8.86. The first-order valence-corrected chi connectivity index (χ1v) is 10.4. The summed E-state index contributed by atoms with van der Waals surface area (Å²) < 4.78 is 44.6. The van der Waals surface area contributed by atoms with Crippen LogP contribution in [0.25, 0.3) is 0 Å². The monoisotopic (exact) mass is 401 g/mol. The van der Waals surface area contributed by atoms with E-state index in [9.17, 15) is 13.2 Å². The van der Waals surface area contributed by atoms with Crippen LogP contribution >= 0.6 is 0 Å². The van der Waals surface area contributed by atoms with Gasteiger partial charge in [-0.2, -0.15) is 8.42 Å². The van der Waals surface area contributed by atoms with Gasteiger partial charge in [0.1, 0.15) is 6.61 Å². The normalized spacial score (nSPS) is 16.9. The molecule has 1 fully saturated rings. The number of hydrogen-bond acceptors (Lipinski definition) is 7. The molecule has 0 spiro atoms. The van der Waals surface area contributed by atoms with Crippen molar-refractivity contribution in [3.8, 4) is 11.5 Å². The molecule has 1 amide bonds. The van der Waals surface area contributed by atoms with E-state index in [0.29, 0.717) is 18.9 Å². The van der Waals surface area contributed by atoms with Crippen molar-refractivity contribution in [3.05, 3.63) is 23.8 Å². The average molecular weight is 401 g/mol. The molecule has 8 nitrogen and oxygen atoms in total. The van der Waals surface area contributed by atoms with E-state index in [2.05, 4.69) is 0 Å². The number of methoxy groups -OCH3 is 2. The van der Waals surface area contributed by atoms with Gasteiger partial charge >= 0.3 is 10.1 Å². The highest BCUT2D eigenvalue weighted by molar-refractivity contribution is 7.87. The Morgan fingerprint density at radius 1 is 1.30 bits per heavy atom. The second-order valence-corrected chi connectivity index (χ2v) is 8.12. The Hall–Kier alpha value is -1.84. The summed E-state index contributed by atoms with van der Waals surface area (Å²) in [4.78, 5) is 14.1. The van der Waals surface area contributed by atoms with Crippen LogP contribution in [0.15, 0.2) is 18.2 Å². The van der Waals surface area contributed by atoms with Gasteiger partial charge in [-0.25, -0.2) is 0 Å². The highest BCUT2D eigenvalue weighted by Gasteiger charge is 2.23. The SMILES string of the molecule is CCS(=O)(=O)Oc1cc(CN(C[C@H]2CCCO2)C(=O)COC)ccc1OC. The van der Waals surface area contributed by atoms with Crippen molar-refractivity contribution >= 4 is 16.0 Å². The first kappa shape index (κ1) is 21.5. The molecule has 0 radical (unpaired) electrons. The van der Waals surface area contributed by atoms with Crippen molar-refractivity contribution in [2.45, 2.75) is 32.4 Å². The number of hydrogen-bond donors (Lipinski definition) is 0. The van der Waals surface area contributed by atoms with Gasteiger partial charge in [0.2, 0.25) is 5.91 Å². The lowest BCUT2D eigenvalue weighted by Gasteiger charge is -2.25. The van der Waals surface area contributed by atoms with Gasteiger partial charge in [-0.3, -0.25) is 4.79 Å².